The van der Waals surface area contributed by atoms with Crippen molar-refractivity contribution in [3.05, 3.63) is 36.4 Å². The average Bonchev–Trinajstić information content (AvgIpc) is 2.39. The Morgan fingerprint density at radius 3 is 2.61 bits per heavy atom. The molecule has 0 spiro atoms. The number of unbranched alkanes of at least 4 members (excludes halogenated alkanes) is 4. The van der Waals surface area contributed by atoms with Crippen molar-refractivity contribution in [3.8, 4) is 5.75 Å². The van der Waals surface area contributed by atoms with Gasteiger partial charge in [0.25, 0.3) is 0 Å². The molecule has 0 aliphatic heterocycles. The molecule has 0 aliphatic carbocycles. The zero-order chi connectivity index (χ0) is 13.2. The molecule has 1 unspecified atom stereocenters. The Morgan fingerprint density at radius 2 is 1.89 bits per heavy atom. The van der Waals surface area contributed by atoms with E-state index in [1.54, 1.807) is 0 Å². The van der Waals surface area contributed by atoms with Crippen LogP contribution in [0.1, 0.15) is 57.9 Å². The Hall–Kier alpha value is -1.24. The highest BCUT2D eigenvalue weighted by atomic mass is 16.5. The van der Waals surface area contributed by atoms with Crippen LogP contribution < -0.4 is 4.74 Å². The van der Waals surface area contributed by atoms with Crippen molar-refractivity contribution >= 4 is 6.08 Å². The number of benzene rings is 1. The molecular weight excluding hydrogens is 220 g/mol. The minimum absolute atomic E-state index is 0.285. The second-order valence-corrected chi connectivity index (χ2v) is 4.87. The smallest absolute Gasteiger partial charge is 0.126 e. The second kappa shape index (κ2) is 8.79. The normalized spacial score (nSPS) is 12.1. The summed E-state index contributed by atoms with van der Waals surface area (Å²) in [5.41, 5.74) is 1.08. The Labute approximate surface area is 112 Å². The molecule has 100 valence electrons. The molecule has 1 atom stereocenters. The van der Waals surface area contributed by atoms with E-state index in [0.717, 1.165) is 17.7 Å². The van der Waals surface area contributed by atoms with Crippen LogP contribution in [-0.2, 0) is 0 Å². The van der Waals surface area contributed by atoms with Gasteiger partial charge in [-0.1, -0.05) is 63.5 Å². The van der Waals surface area contributed by atoms with Gasteiger partial charge in [-0.2, -0.15) is 0 Å². The number of ether oxygens (including phenoxy) is 1. The predicted octanol–water partition coefficient (Wildman–Crippen LogP) is 5.46. The SMILES string of the molecule is C=Cc1ccccc1OC(C)CCCCCCC. The minimum Gasteiger partial charge on any atom is -0.490 e. The lowest BCUT2D eigenvalue weighted by molar-refractivity contribution is 0.206. The minimum atomic E-state index is 0.285. The number of hydrogen-bond acceptors (Lipinski definition) is 1. The van der Waals surface area contributed by atoms with Gasteiger partial charge < -0.3 is 4.74 Å². The van der Waals surface area contributed by atoms with Crippen molar-refractivity contribution in [2.24, 2.45) is 0 Å². The summed E-state index contributed by atoms with van der Waals surface area (Å²) in [4.78, 5) is 0. The fourth-order valence-corrected chi connectivity index (χ4v) is 2.07. The van der Waals surface area contributed by atoms with E-state index in [9.17, 15) is 0 Å². The van der Waals surface area contributed by atoms with Gasteiger partial charge in [0, 0.05) is 5.56 Å². The number of rotatable bonds is 9. The molecule has 0 fully saturated rings. The molecule has 0 N–H and O–H groups in total. The molecule has 1 nitrogen and oxygen atoms in total. The van der Waals surface area contributed by atoms with Crippen LogP contribution in [0.2, 0.25) is 0 Å². The molecule has 0 saturated heterocycles. The molecule has 1 heteroatoms. The summed E-state index contributed by atoms with van der Waals surface area (Å²) < 4.78 is 5.97. The topological polar surface area (TPSA) is 9.23 Å². The lowest BCUT2D eigenvalue weighted by atomic mass is 10.1. The van der Waals surface area contributed by atoms with E-state index in [-0.39, 0.29) is 6.10 Å². The Bertz CT molecular complexity index is 343. The molecular formula is C17H26O. The van der Waals surface area contributed by atoms with Crippen LogP contribution in [0.25, 0.3) is 6.08 Å². The summed E-state index contributed by atoms with van der Waals surface area (Å²) in [5, 5.41) is 0. The second-order valence-electron chi connectivity index (χ2n) is 4.87. The van der Waals surface area contributed by atoms with Crippen molar-refractivity contribution in [3.63, 3.8) is 0 Å². The Morgan fingerprint density at radius 1 is 1.17 bits per heavy atom. The average molecular weight is 246 g/mol. The maximum atomic E-state index is 5.97. The van der Waals surface area contributed by atoms with Crippen molar-refractivity contribution in [1.82, 2.24) is 0 Å². The van der Waals surface area contributed by atoms with Crippen LogP contribution >= 0.6 is 0 Å². The van der Waals surface area contributed by atoms with Gasteiger partial charge in [0.2, 0.25) is 0 Å². The molecule has 0 saturated carbocycles. The van der Waals surface area contributed by atoms with Crippen LogP contribution in [0.15, 0.2) is 30.8 Å². The molecule has 0 heterocycles. The van der Waals surface area contributed by atoms with Crippen LogP contribution in [0.5, 0.6) is 5.75 Å². The van der Waals surface area contributed by atoms with Gasteiger partial charge in [0.05, 0.1) is 6.10 Å². The van der Waals surface area contributed by atoms with Gasteiger partial charge in [-0.25, -0.2) is 0 Å². The van der Waals surface area contributed by atoms with Crippen LogP contribution in [0.3, 0.4) is 0 Å². The zero-order valence-corrected chi connectivity index (χ0v) is 11.8. The van der Waals surface area contributed by atoms with Crippen molar-refractivity contribution in [2.45, 2.75) is 58.5 Å². The number of para-hydroxylation sites is 1. The first kappa shape index (κ1) is 14.8. The summed E-state index contributed by atoms with van der Waals surface area (Å²) in [6.07, 6.45) is 9.87. The summed E-state index contributed by atoms with van der Waals surface area (Å²) in [7, 11) is 0. The third-order valence-electron chi connectivity index (χ3n) is 3.18. The molecule has 0 bridgehead atoms. The van der Waals surface area contributed by atoms with Gasteiger partial charge >= 0.3 is 0 Å². The highest BCUT2D eigenvalue weighted by Crippen LogP contribution is 2.21. The molecule has 1 aromatic rings. The van der Waals surface area contributed by atoms with Gasteiger partial charge in [-0.3, -0.25) is 0 Å². The van der Waals surface area contributed by atoms with Gasteiger partial charge in [-0.05, 0) is 25.8 Å². The van der Waals surface area contributed by atoms with E-state index in [0.29, 0.717) is 0 Å². The quantitative estimate of drug-likeness (QED) is 0.526. The van der Waals surface area contributed by atoms with Crippen LogP contribution in [0.4, 0.5) is 0 Å². The molecule has 0 radical (unpaired) electrons. The maximum Gasteiger partial charge on any atom is 0.126 e. The van der Waals surface area contributed by atoms with Gasteiger partial charge in [0.15, 0.2) is 0 Å². The fraction of sp³-hybridized carbons (Fsp3) is 0.529. The van der Waals surface area contributed by atoms with Gasteiger partial charge in [-0.15, -0.1) is 0 Å². The molecule has 1 aromatic carbocycles. The molecule has 0 amide bonds. The first-order valence-corrected chi connectivity index (χ1v) is 7.16. The first-order chi connectivity index (χ1) is 8.77. The predicted molar refractivity (Wildman–Crippen MR) is 80.0 cm³/mol. The Kier molecular flexibility index (Phi) is 7.24. The van der Waals surface area contributed by atoms with Crippen molar-refractivity contribution in [1.29, 1.82) is 0 Å². The van der Waals surface area contributed by atoms with E-state index in [2.05, 4.69) is 20.4 Å². The van der Waals surface area contributed by atoms with Gasteiger partial charge in [0.1, 0.15) is 5.75 Å². The summed E-state index contributed by atoms with van der Waals surface area (Å²) in [6.45, 7) is 8.22. The van der Waals surface area contributed by atoms with E-state index in [1.165, 1.54) is 32.1 Å². The highest BCUT2D eigenvalue weighted by Gasteiger charge is 2.06. The van der Waals surface area contributed by atoms with E-state index >= 15 is 0 Å². The first-order valence-electron chi connectivity index (χ1n) is 7.16. The fourth-order valence-electron chi connectivity index (χ4n) is 2.07. The van der Waals surface area contributed by atoms with E-state index in [4.69, 9.17) is 4.74 Å². The summed E-state index contributed by atoms with van der Waals surface area (Å²) in [6, 6.07) is 8.08. The standard InChI is InChI=1S/C17H26O/c1-4-6-7-8-9-12-15(3)18-17-14-11-10-13-16(17)5-2/h5,10-11,13-15H,2,4,6-9,12H2,1,3H3. The van der Waals surface area contributed by atoms with Crippen LogP contribution in [0, 0.1) is 0 Å². The van der Waals surface area contributed by atoms with E-state index < -0.39 is 0 Å². The number of hydrogen-bond donors (Lipinski definition) is 0. The monoisotopic (exact) mass is 246 g/mol. The molecule has 0 aliphatic rings. The summed E-state index contributed by atoms with van der Waals surface area (Å²) in [5.74, 6) is 0.952. The zero-order valence-electron chi connectivity index (χ0n) is 11.8. The summed E-state index contributed by atoms with van der Waals surface area (Å²) >= 11 is 0. The maximum absolute atomic E-state index is 5.97. The highest BCUT2D eigenvalue weighted by molar-refractivity contribution is 5.55. The third kappa shape index (κ3) is 5.39. The molecule has 0 aromatic heterocycles. The Balaban J connectivity index is 2.30. The lowest BCUT2D eigenvalue weighted by Gasteiger charge is -2.16. The van der Waals surface area contributed by atoms with Crippen molar-refractivity contribution in [2.75, 3.05) is 0 Å². The molecule has 18 heavy (non-hydrogen) atoms. The van der Waals surface area contributed by atoms with E-state index in [1.807, 2.05) is 30.3 Å². The lowest BCUT2D eigenvalue weighted by Crippen LogP contribution is -2.12. The third-order valence-corrected chi connectivity index (χ3v) is 3.18. The van der Waals surface area contributed by atoms with Crippen molar-refractivity contribution < 1.29 is 4.74 Å². The largest absolute Gasteiger partial charge is 0.490 e. The van der Waals surface area contributed by atoms with Crippen LogP contribution in [-0.4, -0.2) is 6.10 Å². The molecule has 1 rings (SSSR count).